The van der Waals surface area contributed by atoms with Crippen LogP contribution in [0, 0.1) is 5.41 Å². The van der Waals surface area contributed by atoms with Gasteiger partial charge in [-0.1, -0.05) is 20.8 Å². The van der Waals surface area contributed by atoms with Gasteiger partial charge in [0, 0.05) is 37.3 Å². The maximum Gasteiger partial charge on any atom is 0.109 e. The van der Waals surface area contributed by atoms with Gasteiger partial charge in [-0.15, -0.1) is 11.3 Å². The fourth-order valence-corrected chi connectivity index (χ4v) is 3.03. The topological polar surface area (TPSA) is 28.2 Å². The zero-order chi connectivity index (χ0) is 12.5. The molecule has 4 heteroatoms. The Hall–Kier alpha value is -0.450. The number of hydrogen-bond donors (Lipinski definition) is 1. The predicted octanol–water partition coefficient (Wildman–Crippen LogP) is 2.52. The van der Waals surface area contributed by atoms with E-state index in [1.165, 1.54) is 5.01 Å². The Kier molecular flexibility index (Phi) is 3.85. The number of hydrogen-bond acceptors (Lipinski definition) is 4. The molecule has 0 saturated carbocycles. The maximum absolute atomic E-state index is 4.44. The van der Waals surface area contributed by atoms with E-state index in [0.29, 0.717) is 17.5 Å². The second kappa shape index (κ2) is 5.04. The minimum absolute atomic E-state index is 0.321. The smallest absolute Gasteiger partial charge is 0.109 e. The van der Waals surface area contributed by atoms with Crippen molar-refractivity contribution in [1.82, 2.24) is 15.2 Å². The standard InChI is InChI=1S/C13H23N3S/c1-10(12-15-6-8-17-12)16-7-5-14-11(9-16)13(2,3)4/h6,8,10-11,14H,5,7,9H2,1-4H3. The van der Waals surface area contributed by atoms with Crippen LogP contribution < -0.4 is 5.32 Å². The lowest BCUT2D eigenvalue weighted by Crippen LogP contribution is -2.56. The molecule has 0 amide bonds. The number of thiazole rings is 1. The molecule has 2 unspecified atom stereocenters. The molecule has 1 N–H and O–H groups in total. The van der Waals surface area contributed by atoms with Crippen LogP contribution in [0.5, 0.6) is 0 Å². The lowest BCUT2D eigenvalue weighted by Gasteiger charge is -2.42. The first-order valence-electron chi connectivity index (χ1n) is 6.35. The molecule has 96 valence electrons. The molecule has 0 aromatic carbocycles. The first kappa shape index (κ1) is 13.0. The highest BCUT2D eigenvalue weighted by molar-refractivity contribution is 7.09. The van der Waals surface area contributed by atoms with Crippen LogP contribution in [0.15, 0.2) is 11.6 Å². The molecule has 1 aromatic heterocycles. The minimum atomic E-state index is 0.321. The van der Waals surface area contributed by atoms with E-state index in [-0.39, 0.29) is 0 Å². The van der Waals surface area contributed by atoms with E-state index in [2.05, 4.69) is 48.3 Å². The third kappa shape index (κ3) is 3.06. The van der Waals surface area contributed by atoms with Crippen molar-refractivity contribution in [2.24, 2.45) is 5.41 Å². The van der Waals surface area contributed by atoms with Crippen LogP contribution in [0.1, 0.15) is 38.7 Å². The zero-order valence-corrected chi connectivity index (χ0v) is 12.0. The van der Waals surface area contributed by atoms with E-state index in [1.54, 1.807) is 11.3 Å². The zero-order valence-electron chi connectivity index (χ0n) is 11.2. The summed E-state index contributed by atoms with van der Waals surface area (Å²) in [4.78, 5) is 6.98. The van der Waals surface area contributed by atoms with Crippen molar-refractivity contribution < 1.29 is 0 Å². The molecule has 1 fully saturated rings. The first-order chi connectivity index (χ1) is 7.98. The summed E-state index contributed by atoms with van der Waals surface area (Å²) in [5, 5.41) is 6.93. The highest BCUT2D eigenvalue weighted by Gasteiger charge is 2.31. The highest BCUT2D eigenvalue weighted by Crippen LogP contribution is 2.27. The molecule has 1 saturated heterocycles. The molecule has 1 aliphatic rings. The second-order valence-corrected chi connectivity index (χ2v) is 6.84. The summed E-state index contributed by atoms with van der Waals surface area (Å²) in [6, 6.07) is 1.01. The van der Waals surface area contributed by atoms with E-state index in [9.17, 15) is 0 Å². The molecule has 0 radical (unpaired) electrons. The van der Waals surface area contributed by atoms with E-state index < -0.39 is 0 Å². The first-order valence-corrected chi connectivity index (χ1v) is 7.23. The third-order valence-electron chi connectivity index (χ3n) is 3.61. The quantitative estimate of drug-likeness (QED) is 0.878. The number of rotatable bonds is 2. The number of nitrogens with one attached hydrogen (secondary N) is 1. The number of nitrogens with zero attached hydrogens (tertiary/aromatic N) is 2. The van der Waals surface area contributed by atoms with Gasteiger partial charge in [0.2, 0.25) is 0 Å². The largest absolute Gasteiger partial charge is 0.311 e. The molecule has 1 aromatic rings. The molecular weight excluding hydrogens is 230 g/mol. The Bertz CT molecular complexity index is 342. The molecule has 2 atom stereocenters. The van der Waals surface area contributed by atoms with Crippen molar-refractivity contribution >= 4 is 11.3 Å². The lowest BCUT2D eigenvalue weighted by molar-refractivity contribution is 0.104. The molecule has 0 spiro atoms. The van der Waals surface area contributed by atoms with Crippen LogP contribution in [-0.4, -0.2) is 35.6 Å². The van der Waals surface area contributed by atoms with Gasteiger partial charge in [0.25, 0.3) is 0 Å². The fraction of sp³-hybridized carbons (Fsp3) is 0.769. The average molecular weight is 253 g/mol. The van der Waals surface area contributed by atoms with Gasteiger partial charge in [0.15, 0.2) is 0 Å². The van der Waals surface area contributed by atoms with Gasteiger partial charge < -0.3 is 5.32 Å². The van der Waals surface area contributed by atoms with E-state index in [4.69, 9.17) is 0 Å². The van der Waals surface area contributed by atoms with Crippen molar-refractivity contribution in [2.75, 3.05) is 19.6 Å². The molecule has 2 heterocycles. The van der Waals surface area contributed by atoms with Crippen LogP contribution in [0.25, 0.3) is 0 Å². The van der Waals surface area contributed by atoms with Gasteiger partial charge in [-0.05, 0) is 12.3 Å². The van der Waals surface area contributed by atoms with Gasteiger partial charge in [0.05, 0.1) is 6.04 Å². The summed E-state index contributed by atoms with van der Waals surface area (Å²) in [5.41, 5.74) is 0.321. The SMILES string of the molecule is CC(c1nccs1)N1CCNC(C(C)(C)C)C1. The van der Waals surface area contributed by atoms with Crippen molar-refractivity contribution in [2.45, 2.75) is 39.8 Å². The Morgan fingerprint density at radius 2 is 2.29 bits per heavy atom. The van der Waals surface area contributed by atoms with Crippen LogP contribution >= 0.6 is 11.3 Å². The highest BCUT2D eigenvalue weighted by atomic mass is 32.1. The summed E-state index contributed by atoms with van der Waals surface area (Å²) in [6.07, 6.45) is 1.90. The Morgan fingerprint density at radius 1 is 1.53 bits per heavy atom. The van der Waals surface area contributed by atoms with Gasteiger partial charge in [0.1, 0.15) is 5.01 Å². The van der Waals surface area contributed by atoms with Gasteiger partial charge >= 0.3 is 0 Å². The van der Waals surface area contributed by atoms with Crippen molar-refractivity contribution in [3.8, 4) is 0 Å². The molecule has 0 bridgehead atoms. The van der Waals surface area contributed by atoms with Crippen LogP contribution in [0.4, 0.5) is 0 Å². The maximum atomic E-state index is 4.44. The summed E-state index contributed by atoms with van der Waals surface area (Å²) < 4.78 is 0. The Morgan fingerprint density at radius 3 is 2.88 bits per heavy atom. The lowest BCUT2D eigenvalue weighted by atomic mass is 9.85. The van der Waals surface area contributed by atoms with Crippen LogP contribution in [0.2, 0.25) is 0 Å². The summed E-state index contributed by atoms with van der Waals surface area (Å²) in [5.74, 6) is 0. The summed E-state index contributed by atoms with van der Waals surface area (Å²) in [6.45, 7) is 12.5. The molecule has 3 nitrogen and oxygen atoms in total. The Labute approximate surface area is 108 Å². The Balaban J connectivity index is 2.02. The molecule has 2 rings (SSSR count). The predicted molar refractivity (Wildman–Crippen MR) is 73.3 cm³/mol. The normalized spacial score (nSPS) is 24.8. The summed E-state index contributed by atoms with van der Waals surface area (Å²) in [7, 11) is 0. The third-order valence-corrected chi connectivity index (χ3v) is 4.55. The molecular formula is C13H23N3S. The molecule has 0 aliphatic carbocycles. The molecule has 17 heavy (non-hydrogen) atoms. The van der Waals surface area contributed by atoms with Crippen LogP contribution in [-0.2, 0) is 0 Å². The van der Waals surface area contributed by atoms with Crippen LogP contribution in [0.3, 0.4) is 0 Å². The second-order valence-electron chi connectivity index (χ2n) is 5.91. The van der Waals surface area contributed by atoms with Gasteiger partial charge in [-0.2, -0.15) is 0 Å². The molecule has 1 aliphatic heterocycles. The van der Waals surface area contributed by atoms with E-state index >= 15 is 0 Å². The van der Waals surface area contributed by atoms with E-state index in [0.717, 1.165) is 19.6 Å². The minimum Gasteiger partial charge on any atom is -0.311 e. The monoisotopic (exact) mass is 253 g/mol. The van der Waals surface area contributed by atoms with E-state index in [1.807, 2.05) is 6.20 Å². The van der Waals surface area contributed by atoms with Crippen molar-refractivity contribution in [3.63, 3.8) is 0 Å². The van der Waals surface area contributed by atoms with Gasteiger partial charge in [-0.3, -0.25) is 4.90 Å². The summed E-state index contributed by atoms with van der Waals surface area (Å²) >= 11 is 1.76. The number of aromatic nitrogens is 1. The average Bonchev–Trinajstić information content (AvgIpc) is 2.80. The van der Waals surface area contributed by atoms with Gasteiger partial charge in [-0.25, -0.2) is 4.98 Å². The number of piperazine rings is 1. The van der Waals surface area contributed by atoms with Crippen molar-refractivity contribution in [3.05, 3.63) is 16.6 Å². The van der Waals surface area contributed by atoms with Crippen molar-refractivity contribution in [1.29, 1.82) is 0 Å². The fourth-order valence-electron chi connectivity index (χ4n) is 2.30.